The van der Waals surface area contributed by atoms with Gasteiger partial charge >= 0.3 is 0 Å². The second-order valence-corrected chi connectivity index (χ2v) is 10.6. The number of nitrogens with zero attached hydrogens (tertiary/aromatic N) is 2. The summed E-state index contributed by atoms with van der Waals surface area (Å²) in [6, 6.07) is 4.34. The predicted molar refractivity (Wildman–Crippen MR) is 98.9 cm³/mol. The maximum Gasteiger partial charge on any atom is 0.0706 e. The number of hydrogen-bond acceptors (Lipinski definition) is 8. The Bertz CT molecular complexity index is 489. The number of thioether (sulfide) groups is 6. The van der Waals surface area contributed by atoms with Crippen LogP contribution in [0.5, 0.6) is 0 Å². The van der Waals surface area contributed by atoms with Crippen molar-refractivity contribution in [2.75, 3.05) is 11.5 Å². The van der Waals surface area contributed by atoms with Crippen LogP contribution in [0.15, 0.2) is 27.8 Å². The smallest absolute Gasteiger partial charge is 0.0706 e. The van der Waals surface area contributed by atoms with Crippen LogP contribution >= 0.6 is 70.6 Å². The molecule has 2 rings (SSSR count). The van der Waals surface area contributed by atoms with E-state index < -0.39 is 0 Å². The van der Waals surface area contributed by atoms with Crippen LogP contribution in [0.2, 0.25) is 0 Å². The van der Waals surface area contributed by atoms with Gasteiger partial charge in [-0.3, -0.25) is 0 Å². The Balaban J connectivity index is 1.77. The lowest BCUT2D eigenvalue weighted by Gasteiger charge is -2.02. The summed E-state index contributed by atoms with van der Waals surface area (Å²) < 4.78 is 5.26. The fraction of sp³-hybridized carbons (Fsp3) is 0.333. The van der Waals surface area contributed by atoms with Crippen LogP contribution < -0.4 is 0 Å². The molecule has 0 aromatic rings. The molecule has 0 aromatic carbocycles. The van der Waals surface area contributed by atoms with Gasteiger partial charge < -0.3 is 0 Å². The lowest BCUT2D eigenvalue weighted by molar-refractivity contribution is 1.24. The molecule has 0 fully saturated rings. The summed E-state index contributed by atoms with van der Waals surface area (Å²) in [4.78, 5) is 0. The first-order chi connectivity index (χ1) is 9.83. The molecule has 2 aliphatic rings. The molecule has 0 saturated heterocycles. The standard InChI is InChI=1S/C12H10N2S6/c13-3-1-5-15-9-7-17-11(19-9)12-18-8-10(20-12)16-6-2-4-14/h7-8H,1-2,5-6H2/b12-11-. The minimum Gasteiger partial charge on any atom is -0.198 e. The molecule has 0 N–H and O–H groups in total. The molecule has 8 heteroatoms. The van der Waals surface area contributed by atoms with Crippen molar-refractivity contribution in [1.29, 1.82) is 10.5 Å². The van der Waals surface area contributed by atoms with Crippen molar-refractivity contribution in [2.45, 2.75) is 12.8 Å². The Kier molecular flexibility index (Phi) is 7.79. The van der Waals surface area contributed by atoms with Gasteiger partial charge in [0.25, 0.3) is 0 Å². The van der Waals surface area contributed by atoms with Gasteiger partial charge in [-0.1, -0.05) is 47.0 Å². The Morgan fingerprint density at radius 2 is 1.30 bits per heavy atom. The zero-order valence-electron chi connectivity index (χ0n) is 10.3. The van der Waals surface area contributed by atoms with E-state index >= 15 is 0 Å². The summed E-state index contributed by atoms with van der Waals surface area (Å²) in [7, 11) is 0. The Hall–Kier alpha value is 0.300. The van der Waals surface area contributed by atoms with Crippen LogP contribution in [0.3, 0.4) is 0 Å². The first kappa shape index (κ1) is 16.7. The Morgan fingerprint density at radius 1 is 0.850 bits per heavy atom. The molecule has 104 valence electrons. The first-order valence-electron chi connectivity index (χ1n) is 5.66. The molecule has 0 saturated carbocycles. The van der Waals surface area contributed by atoms with Crippen LogP contribution in [-0.2, 0) is 0 Å². The molecule has 2 nitrogen and oxygen atoms in total. The third-order valence-electron chi connectivity index (χ3n) is 1.99. The minimum absolute atomic E-state index is 0.601. The maximum atomic E-state index is 8.54. The normalized spacial score (nSPS) is 21.3. The van der Waals surface area contributed by atoms with Crippen molar-refractivity contribution < 1.29 is 0 Å². The second kappa shape index (κ2) is 9.34. The van der Waals surface area contributed by atoms with Crippen LogP contribution in [0.4, 0.5) is 0 Å². The molecular weight excluding hydrogens is 365 g/mol. The van der Waals surface area contributed by atoms with E-state index in [1.165, 1.54) is 16.9 Å². The average Bonchev–Trinajstić information content (AvgIpc) is 3.08. The molecule has 0 aliphatic carbocycles. The molecule has 2 aliphatic heterocycles. The number of nitriles is 2. The van der Waals surface area contributed by atoms with E-state index in [0.29, 0.717) is 12.8 Å². The molecule has 0 aromatic heterocycles. The minimum atomic E-state index is 0.601. The van der Waals surface area contributed by atoms with Gasteiger partial charge in [-0.25, -0.2) is 0 Å². The largest absolute Gasteiger partial charge is 0.198 e. The van der Waals surface area contributed by atoms with Crippen molar-refractivity contribution >= 4 is 70.6 Å². The van der Waals surface area contributed by atoms with Crippen LogP contribution in [0, 0.1) is 22.7 Å². The van der Waals surface area contributed by atoms with Crippen LogP contribution in [0.25, 0.3) is 0 Å². The molecule has 20 heavy (non-hydrogen) atoms. The van der Waals surface area contributed by atoms with Crippen molar-refractivity contribution in [1.82, 2.24) is 0 Å². The fourth-order valence-corrected chi connectivity index (χ4v) is 8.69. The van der Waals surface area contributed by atoms with E-state index in [1.54, 1.807) is 47.0 Å². The van der Waals surface area contributed by atoms with Crippen LogP contribution in [-0.4, -0.2) is 11.5 Å². The maximum absolute atomic E-state index is 8.54. The van der Waals surface area contributed by atoms with E-state index in [4.69, 9.17) is 10.5 Å². The average molecular weight is 375 g/mol. The van der Waals surface area contributed by atoms with Gasteiger partial charge in [0.1, 0.15) is 0 Å². The summed E-state index contributed by atoms with van der Waals surface area (Å²) in [5.74, 6) is 1.73. The third-order valence-corrected chi connectivity index (χ3v) is 9.97. The highest BCUT2D eigenvalue weighted by Crippen LogP contribution is 2.58. The number of hydrogen-bond donors (Lipinski definition) is 0. The Labute approximate surface area is 144 Å². The van der Waals surface area contributed by atoms with Crippen molar-refractivity contribution in [2.24, 2.45) is 0 Å². The van der Waals surface area contributed by atoms with E-state index in [-0.39, 0.29) is 0 Å². The molecule has 0 amide bonds. The van der Waals surface area contributed by atoms with Crippen LogP contribution in [0.1, 0.15) is 12.8 Å². The zero-order chi connectivity index (χ0) is 14.2. The number of rotatable bonds is 6. The van der Waals surface area contributed by atoms with Gasteiger partial charge in [0.2, 0.25) is 0 Å². The summed E-state index contributed by atoms with van der Waals surface area (Å²) in [6.45, 7) is 0. The SMILES string of the molecule is N#CCCSC1=CS/C(=C2\SC=C(SCCC#N)S2)S1. The van der Waals surface area contributed by atoms with Crippen molar-refractivity contribution in [3.05, 3.63) is 27.8 Å². The predicted octanol–water partition coefficient (Wildman–Crippen LogP) is 5.96. The quantitative estimate of drug-likeness (QED) is 0.527. The van der Waals surface area contributed by atoms with Gasteiger partial charge in [0.05, 0.1) is 29.1 Å². The molecule has 0 spiro atoms. The monoisotopic (exact) mass is 374 g/mol. The summed E-state index contributed by atoms with van der Waals surface area (Å²) in [5.41, 5.74) is 0. The summed E-state index contributed by atoms with van der Waals surface area (Å²) in [5, 5.41) is 21.4. The van der Waals surface area contributed by atoms with Gasteiger partial charge in [0.15, 0.2) is 0 Å². The summed E-state index contributed by atoms with van der Waals surface area (Å²) >= 11 is 10.7. The molecule has 0 atom stereocenters. The van der Waals surface area contributed by atoms with E-state index in [0.717, 1.165) is 11.5 Å². The topological polar surface area (TPSA) is 47.6 Å². The molecule has 0 radical (unpaired) electrons. The third kappa shape index (κ3) is 5.25. The van der Waals surface area contributed by atoms with Gasteiger partial charge in [-0.2, -0.15) is 10.5 Å². The highest BCUT2D eigenvalue weighted by atomic mass is 32.2. The highest BCUT2D eigenvalue weighted by molar-refractivity contribution is 8.40. The lowest BCUT2D eigenvalue weighted by Crippen LogP contribution is -1.75. The fourth-order valence-electron chi connectivity index (χ4n) is 1.18. The van der Waals surface area contributed by atoms with Crippen molar-refractivity contribution in [3.8, 4) is 12.1 Å². The molecule has 0 bridgehead atoms. The van der Waals surface area contributed by atoms with Gasteiger partial charge in [-0.05, 0) is 10.8 Å². The van der Waals surface area contributed by atoms with E-state index in [2.05, 4.69) is 23.0 Å². The van der Waals surface area contributed by atoms with Gasteiger partial charge in [0, 0.05) is 24.3 Å². The first-order valence-corrected chi connectivity index (χ1v) is 11.0. The Morgan fingerprint density at radius 3 is 1.70 bits per heavy atom. The van der Waals surface area contributed by atoms with Gasteiger partial charge in [-0.15, -0.1) is 23.5 Å². The lowest BCUT2D eigenvalue weighted by atomic mass is 10.6. The summed E-state index contributed by atoms with van der Waals surface area (Å²) in [6.07, 6.45) is 1.20. The zero-order valence-corrected chi connectivity index (χ0v) is 15.2. The molecule has 0 unspecified atom stereocenters. The molecule has 2 heterocycles. The van der Waals surface area contributed by atoms with E-state index in [1.807, 2.05) is 23.5 Å². The highest BCUT2D eigenvalue weighted by Gasteiger charge is 2.22. The van der Waals surface area contributed by atoms with Crippen molar-refractivity contribution in [3.63, 3.8) is 0 Å². The van der Waals surface area contributed by atoms with E-state index in [9.17, 15) is 0 Å². The molecular formula is C12H10N2S6. The second-order valence-electron chi connectivity index (χ2n) is 3.40.